The number of aromatic nitrogens is 2. The maximum atomic E-state index is 12.4. The molecule has 0 atom stereocenters. The Hall–Kier alpha value is -1.34. The van der Waals surface area contributed by atoms with Crippen molar-refractivity contribution in [2.24, 2.45) is 5.92 Å². The van der Waals surface area contributed by atoms with E-state index in [4.69, 9.17) is 0 Å². The second-order valence-corrected chi connectivity index (χ2v) is 6.82. The maximum absolute atomic E-state index is 12.4. The van der Waals surface area contributed by atoms with Crippen LogP contribution in [0.1, 0.15) is 31.1 Å². The fourth-order valence-corrected chi connectivity index (χ4v) is 3.19. The van der Waals surface area contributed by atoms with Crippen molar-refractivity contribution in [2.75, 3.05) is 12.3 Å². The van der Waals surface area contributed by atoms with E-state index in [1.165, 1.54) is 27.5 Å². The van der Waals surface area contributed by atoms with Crippen molar-refractivity contribution in [3.05, 3.63) is 27.5 Å². The second-order valence-electron chi connectivity index (χ2n) is 4.69. The molecule has 0 aliphatic rings. The van der Waals surface area contributed by atoms with Gasteiger partial charge in [0.25, 0.3) is 11.5 Å². The summed E-state index contributed by atoms with van der Waals surface area (Å²) in [6, 6.07) is 0. The molecule has 0 aliphatic carbocycles. The van der Waals surface area contributed by atoms with Gasteiger partial charge in [0, 0.05) is 18.1 Å². The van der Waals surface area contributed by atoms with Gasteiger partial charge in [-0.05, 0) is 11.7 Å². The lowest BCUT2D eigenvalue weighted by molar-refractivity contribution is 0.0943. The van der Waals surface area contributed by atoms with E-state index in [1.807, 2.05) is 20.8 Å². The highest BCUT2D eigenvalue weighted by Crippen LogP contribution is 2.20. The fraction of sp³-hybridized carbons (Fsp3) is 0.462. The maximum Gasteiger partial charge on any atom is 0.272 e. The Morgan fingerprint density at radius 3 is 2.95 bits per heavy atom. The highest BCUT2D eigenvalue weighted by atomic mass is 32.2. The molecule has 7 heteroatoms. The van der Waals surface area contributed by atoms with Crippen molar-refractivity contribution < 1.29 is 4.79 Å². The van der Waals surface area contributed by atoms with E-state index in [9.17, 15) is 9.59 Å². The number of amides is 1. The zero-order valence-corrected chi connectivity index (χ0v) is 13.3. The van der Waals surface area contributed by atoms with Crippen LogP contribution >= 0.6 is 23.1 Å². The van der Waals surface area contributed by atoms with Crippen LogP contribution in [0.5, 0.6) is 0 Å². The van der Waals surface area contributed by atoms with Crippen LogP contribution in [0.3, 0.4) is 0 Å². The molecular weight excluding hydrogens is 294 g/mol. The number of fused-ring (bicyclic) bond motifs is 1. The van der Waals surface area contributed by atoms with Gasteiger partial charge in [-0.15, -0.1) is 23.1 Å². The highest BCUT2D eigenvalue weighted by molar-refractivity contribution is 7.99. The molecule has 0 fully saturated rings. The summed E-state index contributed by atoms with van der Waals surface area (Å²) in [6.07, 6.45) is 1.65. The van der Waals surface area contributed by atoms with Crippen molar-refractivity contribution in [1.82, 2.24) is 14.7 Å². The highest BCUT2D eigenvalue weighted by Gasteiger charge is 2.20. The van der Waals surface area contributed by atoms with Gasteiger partial charge in [0.1, 0.15) is 10.6 Å². The number of hydrogen-bond acceptors (Lipinski definition) is 5. The lowest BCUT2D eigenvalue weighted by atomic mass is 10.2. The molecule has 0 saturated heterocycles. The van der Waals surface area contributed by atoms with Crippen LogP contribution in [0.2, 0.25) is 0 Å². The molecule has 2 rings (SSSR count). The van der Waals surface area contributed by atoms with Gasteiger partial charge in [-0.1, -0.05) is 20.8 Å². The summed E-state index contributed by atoms with van der Waals surface area (Å²) in [5.74, 6) is 0.757. The van der Waals surface area contributed by atoms with Gasteiger partial charge in [-0.25, -0.2) is 4.98 Å². The molecule has 2 heterocycles. The van der Waals surface area contributed by atoms with Crippen molar-refractivity contribution in [1.29, 1.82) is 0 Å². The Bertz CT molecular complexity index is 676. The van der Waals surface area contributed by atoms with Crippen LogP contribution in [0.15, 0.2) is 21.4 Å². The number of hydrogen-bond donors (Lipinski definition) is 1. The third kappa shape index (κ3) is 3.04. The summed E-state index contributed by atoms with van der Waals surface area (Å²) >= 11 is 2.81. The van der Waals surface area contributed by atoms with E-state index in [0.717, 1.165) is 5.75 Å². The normalized spacial score (nSPS) is 11.2. The van der Waals surface area contributed by atoms with Gasteiger partial charge in [0.15, 0.2) is 4.96 Å². The minimum atomic E-state index is -0.340. The van der Waals surface area contributed by atoms with E-state index < -0.39 is 0 Å². The van der Waals surface area contributed by atoms with Gasteiger partial charge >= 0.3 is 0 Å². The van der Waals surface area contributed by atoms with Crippen molar-refractivity contribution in [3.63, 3.8) is 0 Å². The summed E-state index contributed by atoms with van der Waals surface area (Å²) in [5, 5.41) is 5.10. The number of thioether (sulfide) groups is 1. The van der Waals surface area contributed by atoms with E-state index in [1.54, 1.807) is 11.6 Å². The standard InChI is InChI=1S/C13H17N3O2S2/c1-4-19-11-9(10(17)14-7-8(2)3)12(18)16-5-6-20-13(16)15-11/h5-6,8H,4,7H2,1-3H3,(H,14,17). The minimum absolute atomic E-state index is 0.147. The summed E-state index contributed by atoms with van der Waals surface area (Å²) < 4.78 is 1.43. The number of nitrogens with zero attached hydrogens (tertiary/aromatic N) is 2. The lowest BCUT2D eigenvalue weighted by Gasteiger charge is -2.10. The average Bonchev–Trinajstić information content (AvgIpc) is 2.85. The van der Waals surface area contributed by atoms with Crippen LogP contribution < -0.4 is 10.9 Å². The third-order valence-corrected chi connectivity index (χ3v) is 4.23. The van der Waals surface area contributed by atoms with Gasteiger partial charge in [-0.3, -0.25) is 14.0 Å². The molecule has 1 N–H and O–H groups in total. The number of rotatable bonds is 5. The molecule has 0 bridgehead atoms. The first-order valence-electron chi connectivity index (χ1n) is 6.45. The minimum Gasteiger partial charge on any atom is -0.352 e. The van der Waals surface area contributed by atoms with Gasteiger partial charge in [0.05, 0.1) is 0 Å². The monoisotopic (exact) mass is 311 g/mol. The van der Waals surface area contributed by atoms with Crippen LogP contribution in [0.4, 0.5) is 0 Å². The van der Waals surface area contributed by atoms with Gasteiger partial charge in [-0.2, -0.15) is 0 Å². The van der Waals surface area contributed by atoms with Crippen molar-refractivity contribution in [3.8, 4) is 0 Å². The molecule has 0 saturated carbocycles. The molecule has 2 aromatic rings. The van der Waals surface area contributed by atoms with E-state index in [2.05, 4.69) is 10.3 Å². The number of carbonyl (C=O) groups excluding carboxylic acids is 1. The Balaban J connectivity index is 2.48. The first-order chi connectivity index (χ1) is 9.54. The molecule has 1 amide bonds. The lowest BCUT2D eigenvalue weighted by Crippen LogP contribution is -2.34. The molecule has 0 spiro atoms. The number of carbonyl (C=O) groups is 1. The van der Waals surface area contributed by atoms with Crippen LogP contribution in [0, 0.1) is 5.92 Å². The molecular formula is C13H17N3O2S2. The molecule has 0 aromatic carbocycles. The van der Waals surface area contributed by atoms with Gasteiger partial charge < -0.3 is 5.32 Å². The molecule has 20 heavy (non-hydrogen) atoms. The zero-order chi connectivity index (χ0) is 14.7. The SMILES string of the molecule is CCSc1nc2sccn2c(=O)c1C(=O)NCC(C)C. The summed E-state index contributed by atoms with van der Waals surface area (Å²) in [5.41, 5.74) is -0.151. The topological polar surface area (TPSA) is 63.5 Å². The first kappa shape index (κ1) is 15.1. The molecule has 5 nitrogen and oxygen atoms in total. The van der Waals surface area contributed by atoms with E-state index >= 15 is 0 Å². The number of thiazole rings is 1. The van der Waals surface area contributed by atoms with Crippen molar-refractivity contribution >= 4 is 34.0 Å². The first-order valence-corrected chi connectivity index (χ1v) is 8.32. The Labute approximate surface area is 125 Å². The average molecular weight is 311 g/mol. The van der Waals surface area contributed by atoms with Gasteiger partial charge in [0.2, 0.25) is 0 Å². The third-order valence-electron chi connectivity index (χ3n) is 2.61. The van der Waals surface area contributed by atoms with Crippen molar-refractivity contribution in [2.45, 2.75) is 25.8 Å². The summed E-state index contributed by atoms with van der Waals surface area (Å²) in [4.78, 5) is 29.7. The zero-order valence-electron chi connectivity index (χ0n) is 11.7. The fourth-order valence-electron chi connectivity index (χ4n) is 1.68. The van der Waals surface area contributed by atoms with E-state index in [0.29, 0.717) is 22.4 Å². The predicted octanol–water partition coefficient (Wildman–Crippen LogP) is 2.25. The predicted molar refractivity (Wildman–Crippen MR) is 82.9 cm³/mol. The largest absolute Gasteiger partial charge is 0.352 e. The molecule has 0 radical (unpaired) electrons. The molecule has 0 unspecified atom stereocenters. The van der Waals surface area contributed by atoms with Crippen LogP contribution in [-0.2, 0) is 0 Å². The summed E-state index contributed by atoms with van der Waals surface area (Å²) in [7, 11) is 0. The molecule has 2 aromatic heterocycles. The van der Waals surface area contributed by atoms with Crippen LogP contribution in [0.25, 0.3) is 4.96 Å². The molecule has 108 valence electrons. The summed E-state index contributed by atoms with van der Waals surface area (Å²) in [6.45, 7) is 6.53. The molecule has 0 aliphatic heterocycles. The quantitative estimate of drug-likeness (QED) is 0.679. The Kier molecular flexibility index (Phi) is 4.82. The van der Waals surface area contributed by atoms with Crippen LogP contribution in [-0.4, -0.2) is 27.6 Å². The second kappa shape index (κ2) is 6.41. The number of nitrogens with one attached hydrogen (secondary N) is 1. The van der Waals surface area contributed by atoms with E-state index in [-0.39, 0.29) is 17.0 Å². The Morgan fingerprint density at radius 1 is 1.55 bits per heavy atom. The smallest absolute Gasteiger partial charge is 0.272 e. The Morgan fingerprint density at radius 2 is 2.30 bits per heavy atom.